The average Bonchev–Trinajstić information content (AvgIpc) is 2.70. The lowest BCUT2D eigenvalue weighted by atomic mass is 10.2. The molecule has 1 heterocycles. The van der Waals surface area contributed by atoms with Crippen LogP contribution >= 0.6 is 11.6 Å². The van der Waals surface area contributed by atoms with Gasteiger partial charge in [-0.2, -0.15) is 0 Å². The largest absolute Gasteiger partial charge is 0.368 e. The minimum Gasteiger partial charge on any atom is -0.368 e. The maximum absolute atomic E-state index is 13.1. The molecule has 2 aromatic carbocycles. The summed E-state index contributed by atoms with van der Waals surface area (Å²) in [6.45, 7) is 2.96. The SMILES string of the molecule is O=C(CCC(=O)N1CCN(c2cccc(Cl)c2)CC1)NCc1cccc(F)c1. The zero-order valence-corrected chi connectivity index (χ0v) is 16.3. The van der Waals surface area contributed by atoms with Crippen LogP contribution in [-0.4, -0.2) is 42.9 Å². The number of anilines is 1. The minimum absolute atomic E-state index is 0.0216. The number of nitrogens with one attached hydrogen (secondary N) is 1. The first-order valence-corrected chi connectivity index (χ1v) is 9.68. The van der Waals surface area contributed by atoms with Crippen molar-refractivity contribution in [2.45, 2.75) is 19.4 Å². The van der Waals surface area contributed by atoms with Crippen molar-refractivity contribution in [2.75, 3.05) is 31.1 Å². The lowest BCUT2D eigenvalue weighted by Gasteiger charge is -2.36. The maximum Gasteiger partial charge on any atom is 0.223 e. The smallest absolute Gasteiger partial charge is 0.223 e. The summed E-state index contributed by atoms with van der Waals surface area (Å²) in [6, 6.07) is 13.8. The van der Waals surface area contributed by atoms with Crippen molar-refractivity contribution in [3.05, 3.63) is 64.9 Å². The predicted molar refractivity (Wildman–Crippen MR) is 108 cm³/mol. The molecule has 0 radical (unpaired) electrons. The number of rotatable bonds is 6. The van der Waals surface area contributed by atoms with Gasteiger partial charge in [0, 0.05) is 56.3 Å². The number of carbonyl (C=O) groups is 2. The number of nitrogens with zero attached hydrogens (tertiary/aromatic N) is 2. The van der Waals surface area contributed by atoms with Crippen LogP contribution in [0, 0.1) is 5.82 Å². The Labute approximate surface area is 169 Å². The van der Waals surface area contributed by atoms with Crippen molar-refractivity contribution in [1.29, 1.82) is 0 Å². The molecule has 3 rings (SSSR count). The van der Waals surface area contributed by atoms with Crippen molar-refractivity contribution in [2.24, 2.45) is 0 Å². The third-order valence-corrected chi connectivity index (χ3v) is 4.99. The van der Waals surface area contributed by atoms with Gasteiger partial charge in [-0.15, -0.1) is 0 Å². The molecule has 0 bridgehead atoms. The summed E-state index contributed by atoms with van der Waals surface area (Å²) in [6.07, 6.45) is 0.300. The Balaban J connectivity index is 1.39. The Morgan fingerprint density at radius 1 is 1.00 bits per heavy atom. The number of benzene rings is 2. The molecule has 1 fully saturated rings. The first-order valence-electron chi connectivity index (χ1n) is 9.31. The van der Waals surface area contributed by atoms with E-state index < -0.39 is 0 Å². The molecule has 2 aromatic rings. The van der Waals surface area contributed by atoms with E-state index in [9.17, 15) is 14.0 Å². The van der Waals surface area contributed by atoms with Gasteiger partial charge in [-0.05, 0) is 35.9 Å². The molecule has 2 amide bonds. The second kappa shape index (κ2) is 9.55. The number of halogens is 2. The van der Waals surface area contributed by atoms with E-state index in [0.29, 0.717) is 23.7 Å². The fourth-order valence-electron chi connectivity index (χ4n) is 3.20. The Bertz CT molecular complexity index is 838. The quantitative estimate of drug-likeness (QED) is 0.805. The van der Waals surface area contributed by atoms with Crippen LogP contribution in [0.4, 0.5) is 10.1 Å². The zero-order valence-electron chi connectivity index (χ0n) is 15.5. The van der Waals surface area contributed by atoms with Gasteiger partial charge in [-0.3, -0.25) is 9.59 Å². The van der Waals surface area contributed by atoms with Crippen molar-refractivity contribution in [1.82, 2.24) is 10.2 Å². The molecule has 1 aliphatic heterocycles. The highest BCUT2D eigenvalue weighted by Gasteiger charge is 2.21. The molecule has 5 nitrogen and oxygen atoms in total. The molecule has 1 aliphatic rings. The van der Waals surface area contributed by atoms with Crippen LogP contribution in [0.1, 0.15) is 18.4 Å². The molecule has 148 valence electrons. The van der Waals surface area contributed by atoms with E-state index in [4.69, 9.17) is 11.6 Å². The van der Waals surface area contributed by atoms with Gasteiger partial charge in [-0.1, -0.05) is 29.8 Å². The molecule has 0 atom stereocenters. The van der Waals surface area contributed by atoms with Crippen LogP contribution in [-0.2, 0) is 16.1 Å². The summed E-state index contributed by atoms with van der Waals surface area (Å²) in [7, 11) is 0. The van der Waals surface area contributed by atoms with Gasteiger partial charge < -0.3 is 15.1 Å². The summed E-state index contributed by atoms with van der Waals surface area (Å²) in [5.74, 6) is -0.569. The third kappa shape index (κ3) is 5.70. The topological polar surface area (TPSA) is 52.7 Å². The van der Waals surface area contributed by atoms with Gasteiger partial charge in [0.2, 0.25) is 11.8 Å². The molecule has 0 aromatic heterocycles. The van der Waals surface area contributed by atoms with Crippen molar-refractivity contribution in [3.63, 3.8) is 0 Å². The Morgan fingerprint density at radius 2 is 1.75 bits per heavy atom. The van der Waals surface area contributed by atoms with Crippen LogP contribution in [0.2, 0.25) is 5.02 Å². The second-order valence-electron chi connectivity index (χ2n) is 6.75. The number of piperazine rings is 1. The molecular weight excluding hydrogens is 381 g/mol. The second-order valence-corrected chi connectivity index (χ2v) is 7.19. The highest BCUT2D eigenvalue weighted by molar-refractivity contribution is 6.30. The van der Waals surface area contributed by atoms with Crippen molar-refractivity contribution < 1.29 is 14.0 Å². The fourth-order valence-corrected chi connectivity index (χ4v) is 3.39. The van der Waals surface area contributed by atoms with Crippen LogP contribution < -0.4 is 10.2 Å². The van der Waals surface area contributed by atoms with Gasteiger partial charge in [0.25, 0.3) is 0 Å². The third-order valence-electron chi connectivity index (χ3n) is 4.75. The van der Waals surface area contributed by atoms with Crippen LogP contribution in [0.25, 0.3) is 0 Å². The number of hydrogen-bond donors (Lipinski definition) is 1. The van der Waals surface area contributed by atoms with E-state index in [0.717, 1.165) is 18.8 Å². The molecule has 0 unspecified atom stereocenters. The van der Waals surface area contributed by atoms with Gasteiger partial charge in [0.1, 0.15) is 5.82 Å². The normalized spacial score (nSPS) is 14.1. The standard InChI is InChI=1S/C21H23ClFN3O2/c22-17-4-2-6-19(14-17)25-9-11-26(12-10-25)21(28)8-7-20(27)24-15-16-3-1-5-18(23)13-16/h1-6,13-14H,7-12,15H2,(H,24,27). The summed E-state index contributed by atoms with van der Waals surface area (Å²) in [5.41, 5.74) is 1.74. The Morgan fingerprint density at radius 3 is 2.46 bits per heavy atom. The molecule has 0 aliphatic carbocycles. The summed E-state index contributed by atoms with van der Waals surface area (Å²) < 4.78 is 13.1. The molecule has 7 heteroatoms. The number of amides is 2. The van der Waals surface area contributed by atoms with Gasteiger partial charge >= 0.3 is 0 Å². The number of hydrogen-bond acceptors (Lipinski definition) is 3. The van der Waals surface area contributed by atoms with E-state index in [1.54, 1.807) is 17.0 Å². The van der Waals surface area contributed by atoms with Crippen LogP contribution in [0.3, 0.4) is 0 Å². The maximum atomic E-state index is 13.1. The van der Waals surface area contributed by atoms with Gasteiger partial charge in [0.15, 0.2) is 0 Å². The van der Waals surface area contributed by atoms with E-state index in [1.807, 2.05) is 24.3 Å². The minimum atomic E-state index is -0.334. The van der Waals surface area contributed by atoms with E-state index >= 15 is 0 Å². The lowest BCUT2D eigenvalue weighted by molar-refractivity contribution is -0.133. The van der Waals surface area contributed by atoms with E-state index in [-0.39, 0.29) is 37.0 Å². The van der Waals surface area contributed by atoms with Gasteiger partial charge in [0.05, 0.1) is 0 Å². The molecule has 0 spiro atoms. The summed E-state index contributed by atoms with van der Waals surface area (Å²) in [4.78, 5) is 28.3. The predicted octanol–water partition coefficient (Wildman–Crippen LogP) is 3.22. The molecule has 28 heavy (non-hydrogen) atoms. The van der Waals surface area contributed by atoms with Crippen molar-refractivity contribution in [3.8, 4) is 0 Å². The monoisotopic (exact) mass is 403 g/mol. The van der Waals surface area contributed by atoms with Gasteiger partial charge in [-0.25, -0.2) is 4.39 Å². The molecule has 0 saturated carbocycles. The summed E-state index contributed by atoms with van der Waals surface area (Å²) >= 11 is 6.04. The fraction of sp³-hybridized carbons (Fsp3) is 0.333. The van der Waals surface area contributed by atoms with Crippen LogP contribution in [0.5, 0.6) is 0 Å². The first-order chi connectivity index (χ1) is 13.5. The molecular formula is C21H23ClFN3O2. The van der Waals surface area contributed by atoms with Crippen molar-refractivity contribution >= 4 is 29.1 Å². The Hall–Kier alpha value is -2.60. The highest BCUT2D eigenvalue weighted by atomic mass is 35.5. The molecule has 1 N–H and O–H groups in total. The number of carbonyl (C=O) groups excluding carboxylic acids is 2. The Kier molecular flexibility index (Phi) is 6.87. The van der Waals surface area contributed by atoms with Crippen LogP contribution in [0.15, 0.2) is 48.5 Å². The average molecular weight is 404 g/mol. The first kappa shape index (κ1) is 20.1. The van der Waals surface area contributed by atoms with E-state index in [1.165, 1.54) is 12.1 Å². The zero-order chi connectivity index (χ0) is 19.9. The lowest BCUT2D eigenvalue weighted by Crippen LogP contribution is -2.49. The molecule has 1 saturated heterocycles. The van der Waals surface area contributed by atoms with E-state index in [2.05, 4.69) is 10.2 Å². The highest BCUT2D eigenvalue weighted by Crippen LogP contribution is 2.21. The summed E-state index contributed by atoms with van der Waals surface area (Å²) in [5, 5.41) is 3.42.